The summed E-state index contributed by atoms with van der Waals surface area (Å²) < 4.78 is 0. The Kier molecular flexibility index (Phi) is 4.36. The van der Waals surface area contributed by atoms with Crippen molar-refractivity contribution in [3.05, 3.63) is 16.6 Å². The van der Waals surface area contributed by atoms with Crippen LogP contribution in [0.25, 0.3) is 0 Å². The van der Waals surface area contributed by atoms with E-state index < -0.39 is 0 Å². The molecule has 1 aliphatic rings. The van der Waals surface area contributed by atoms with Gasteiger partial charge in [-0.25, -0.2) is 4.98 Å². The third kappa shape index (κ3) is 3.05. The molecule has 1 unspecified atom stereocenters. The largest absolute Gasteiger partial charge is 0.307 e. The second-order valence-corrected chi connectivity index (χ2v) is 5.70. The second-order valence-electron chi connectivity index (χ2n) is 4.78. The Labute approximate surface area is 102 Å². The predicted octanol–water partition coefficient (Wildman–Crippen LogP) is 3.62. The molecule has 0 amide bonds. The minimum atomic E-state index is 0.528. The van der Waals surface area contributed by atoms with Crippen LogP contribution in [0.1, 0.15) is 50.6 Å². The number of rotatable bonds is 7. The number of nitrogens with zero attached hydrogens (tertiary/aromatic N) is 1. The van der Waals surface area contributed by atoms with Crippen LogP contribution in [0, 0.1) is 11.8 Å². The molecule has 1 aromatic rings. The molecule has 1 saturated carbocycles. The summed E-state index contributed by atoms with van der Waals surface area (Å²) in [5.74, 6) is 1.67. The van der Waals surface area contributed by atoms with Crippen LogP contribution >= 0.6 is 11.3 Å². The Morgan fingerprint density at radius 1 is 1.44 bits per heavy atom. The molecule has 1 fully saturated rings. The molecular weight excluding hydrogens is 216 g/mol. The van der Waals surface area contributed by atoms with Crippen molar-refractivity contribution in [2.24, 2.45) is 11.8 Å². The van der Waals surface area contributed by atoms with E-state index in [0.29, 0.717) is 6.04 Å². The lowest BCUT2D eigenvalue weighted by Gasteiger charge is -2.20. The number of nitrogens with one attached hydrogen (secondary N) is 1. The van der Waals surface area contributed by atoms with E-state index in [1.54, 1.807) is 11.3 Å². The second kappa shape index (κ2) is 5.78. The molecule has 0 bridgehead atoms. The molecule has 0 aliphatic heterocycles. The molecule has 1 heterocycles. The van der Waals surface area contributed by atoms with E-state index in [1.807, 2.05) is 6.20 Å². The molecule has 0 spiro atoms. The molecule has 1 aliphatic carbocycles. The van der Waals surface area contributed by atoms with Crippen LogP contribution in [0.15, 0.2) is 11.6 Å². The minimum Gasteiger partial charge on any atom is -0.307 e. The van der Waals surface area contributed by atoms with Crippen LogP contribution in [0.3, 0.4) is 0 Å². The van der Waals surface area contributed by atoms with Crippen molar-refractivity contribution < 1.29 is 0 Å². The average Bonchev–Trinajstić information content (AvgIpc) is 3.00. The zero-order chi connectivity index (χ0) is 11.4. The van der Waals surface area contributed by atoms with Gasteiger partial charge in [0.25, 0.3) is 0 Å². The van der Waals surface area contributed by atoms with E-state index in [4.69, 9.17) is 0 Å². The summed E-state index contributed by atoms with van der Waals surface area (Å²) in [4.78, 5) is 4.46. The fourth-order valence-corrected chi connectivity index (χ4v) is 2.95. The lowest BCUT2D eigenvalue weighted by atomic mass is 10.0. The Morgan fingerprint density at radius 2 is 2.19 bits per heavy atom. The van der Waals surface area contributed by atoms with E-state index in [9.17, 15) is 0 Å². The van der Waals surface area contributed by atoms with E-state index in [-0.39, 0.29) is 0 Å². The lowest BCUT2D eigenvalue weighted by molar-refractivity contribution is 0.391. The molecule has 1 aromatic heterocycles. The summed E-state index contributed by atoms with van der Waals surface area (Å²) in [7, 11) is 0. The van der Waals surface area contributed by atoms with Gasteiger partial charge in [-0.05, 0) is 31.2 Å². The monoisotopic (exact) mass is 238 g/mol. The van der Waals surface area contributed by atoms with Crippen molar-refractivity contribution in [3.63, 3.8) is 0 Å². The van der Waals surface area contributed by atoms with Crippen molar-refractivity contribution in [2.75, 3.05) is 6.54 Å². The third-order valence-corrected chi connectivity index (χ3v) is 4.45. The van der Waals surface area contributed by atoms with E-state index in [1.165, 1.54) is 30.7 Å². The molecule has 0 radical (unpaired) electrons. The maximum absolute atomic E-state index is 4.46. The molecule has 2 nitrogen and oxygen atoms in total. The zero-order valence-electron chi connectivity index (χ0n) is 10.3. The van der Waals surface area contributed by atoms with Crippen LogP contribution in [0.4, 0.5) is 0 Å². The van der Waals surface area contributed by atoms with Gasteiger partial charge in [0.15, 0.2) is 0 Å². The topological polar surface area (TPSA) is 24.9 Å². The highest BCUT2D eigenvalue weighted by molar-refractivity contribution is 7.09. The molecule has 0 saturated heterocycles. The molecule has 0 aromatic carbocycles. The molecule has 3 heteroatoms. The first kappa shape index (κ1) is 12.1. The Balaban J connectivity index is 1.89. The van der Waals surface area contributed by atoms with Gasteiger partial charge in [0.1, 0.15) is 5.01 Å². The molecule has 2 rings (SSSR count). The van der Waals surface area contributed by atoms with Crippen LogP contribution in [0.5, 0.6) is 0 Å². The van der Waals surface area contributed by atoms with E-state index in [0.717, 1.165) is 18.4 Å². The summed E-state index contributed by atoms with van der Waals surface area (Å²) in [6.45, 7) is 5.71. The van der Waals surface area contributed by atoms with Crippen molar-refractivity contribution in [1.29, 1.82) is 0 Å². The van der Waals surface area contributed by atoms with Crippen molar-refractivity contribution >= 4 is 11.3 Å². The molecule has 1 atom stereocenters. The smallest absolute Gasteiger partial charge is 0.110 e. The maximum atomic E-state index is 4.46. The van der Waals surface area contributed by atoms with Gasteiger partial charge < -0.3 is 5.32 Å². The van der Waals surface area contributed by atoms with Crippen molar-refractivity contribution in [1.82, 2.24) is 10.3 Å². The van der Waals surface area contributed by atoms with Gasteiger partial charge in [-0.15, -0.1) is 11.3 Å². The highest BCUT2D eigenvalue weighted by atomic mass is 32.1. The number of hydrogen-bond donors (Lipinski definition) is 1. The SMILES string of the molecule is CCC(CC)CNC(c1nccs1)C1CC1. The Morgan fingerprint density at radius 3 is 2.69 bits per heavy atom. The Hall–Kier alpha value is -0.410. The molecular formula is C13H22N2S. The summed E-state index contributed by atoms with van der Waals surface area (Å²) >= 11 is 1.79. The highest BCUT2D eigenvalue weighted by Gasteiger charge is 2.33. The fraction of sp³-hybridized carbons (Fsp3) is 0.769. The van der Waals surface area contributed by atoms with E-state index in [2.05, 4.69) is 29.5 Å². The highest BCUT2D eigenvalue weighted by Crippen LogP contribution is 2.41. The van der Waals surface area contributed by atoms with Crippen LogP contribution < -0.4 is 5.32 Å². The summed E-state index contributed by atoms with van der Waals surface area (Å²) in [5, 5.41) is 7.11. The maximum Gasteiger partial charge on any atom is 0.110 e. The van der Waals surface area contributed by atoms with Gasteiger partial charge in [0.05, 0.1) is 6.04 Å². The molecule has 1 N–H and O–H groups in total. The van der Waals surface area contributed by atoms with Crippen molar-refractivity contribution in [2.45, 2.75) is 45.6 Å². The summed E-state index contributed by atoms with van der Waals surface area (Å²) in [6, 6.07) is 0.528. The van der Waals surface area contributed by atoms with Gasteiger partial charge in [0.2, 0.25) is 0 Å². The molecule has 16 heavy (non-hydrogen) atoms. The van der Waals surface area contributed by atoms with Gasteiger partial charge in [-0.3, -0.25) is 0 Å². The molecule has 90 valence electrons. The standard InChI is InChI=1S/C13H22N2S/c1-3-10(4-2)9-15-12(11-5-6-11)13-14-7-8-16-13/h7-8,10-12,15H,3-6,9H2,1-2H3. The first-order valence-electron chi connectivity index (χ1n) is 6.47. The minimum absolute atomic E-state index is 0.528. The number of hydrogen-bond acceptors (Lipinski definition) is 3. The summed E-state index contributed by atoms with van der Waals surface area (Å²) in [6.07, 6.45) is 7.23. The first-order valence-corrected chi connectivity index (χ1v) is 7.35. The lowest BCUT2D eigenvalue weighted by Crippen LogP contribution is -2.28. The predicted molar refractivity (Wildman–Crippen MR) is 69.7 cm³/mol. The van der Waals surface area contributed by atoms with Crippen LogP contribution in [-0.2, 0) is 0 Å². The quantitative estimate of drug-likeness (QED) is 0.785. The van der Waals surface area contributed by atoms with Gasteiger partial charge in [0, 0.05) is 11.6 Å². The van der Waals surface area contributed by atoms with Crippen molar-refractivity contribution in [3.8, 4) is 0 Å². The number of thiazole rings is 1. The Bertz CT molecular complexity index is 289. The van der Waals surface area contributed by atoms with Gasteiger partial charge in [-0.2, -0.15) is 0 Å². The average molecular weight is 238 g/mol. The first-order chi connectivity index (χ1) is 7.85. The number of aromatic nitrogens is 1. The van der Waals surface area contributed by atoms with Gasteiger partial charge >= 0.3 is 0 Å². The third-order valence-electron chi connectivity index (χ3n) is 3.59. The summed E-state index contributed by atoms with van der Waals surface area (Å²) in [5.41, 5.74) is 0. The van der Waals surface area contributed by atoms with Crippen LogP contribution in [0.2, 0.25) is 0 Å². The van der Waals surface area contributed by atoms with Gasteiger partial charge in [-0.1, -0.05) is 26.7 Å². The normalized spacial score (nSPS) is 17.9. The zero-order valence-corrected chi connectivity index (χ0v) is 11.1. The van der Waals surface area contributed by atoms with E-state index >= 15 is 0 Å². The van der Waals surface area contributed by atoms with Crippen LogP contribution in [-0.4, -0.2) is 11.5 Å². The fourth-order valence-electron chi connectivity index (χ4n) is 2.14.